The van der Waals surface area contributed by atoms with Crippen LogP contribution in [0.1, 0.15) is 41.7 Å². The summed E-state index contributed by atoms with van der Waals surface area (Å²) in [6, 6.07) is 13.7. The molecular formula is C21H17NO4. The molecule has 2 heterocycles. The number of carbonyl (C=O) groups excluding carboxylic acids is 2. The summed E-state index contributed by atoms with van der Waals surface area (Å²) in [7, 11) is 0. The molecule has 1 saturated carbocycles. The predicted molar refractivity (Wildman–Crippen MR) is 96.2 cm³/mol. The SMILES string of the molecule is O=C1CCCC[C@@]1(C(=O)c1cc2ccccc2oc1=O)c1ccccn1. The van der Waals surface area contributed by atoms with Crippen molar-refractivity contribution in [3.63, 3.8) is 0 Å². The summed E-state index contributed by atoms with van der Waals surface area (Å²) in [5, 5.41) is 0.648. The number of rotatable bonds is 3. The Kier molecular flexibility index (Phi) is 3.99. The molecule has 26 heavy (non-hydrogen) atoms. The van der Waals surface area contributed by atoms with Crippen molar-refractivity contribution in [2.75, 3.05) is 0 Å². The molecule has 1 fully saturated rings. The highest BCUT2D eigenvalue weighted by atomic mass is 16.4. The highest BCUT2D eigenvalue weighted by Crippen LogP contribution is 2.38. The molecule has 1 aromatic carbocycles. The summed E-state index contributed by atoms with van der Waals surface area (Å²) in [6.07, 6.45) is 3.70. The fourth-order valence-electron chi connectivity index (χ4n) is 3.72. The molecule has 0 spiro atoms. The number of carbonyl (C=O) groups is 2. The lowest BCUT2D eigenvalue weighted by atomic mass is 9.66. The van der Waals surface area contributed by atoms with E-state index in [2.05, 4.69) is 4.98 Å². The number of hydrogen-bond donors (Lipinski definition) is 0. The van der Waals surface area contributed by atoms with E-state index >= 15 is 0 Å². The first-order valence-corrected chi connectivity index (χ1v) is 8.65. The Morgan fingerprint density at radius 2 is 1.85 bits per heavy atom. The smallest absolute Gasteiger partial charge is 0.347 e. The fourth-order valence-corrected chi connectivity index (χ4v) is 3.72. The molecule has 4 rings (SSSR count). The van der Waals surface area contributed by atoms with Crippen molar-refractivity contribution >= 4 is 22.5 Å². The quantitative estimate of drug-likeness (QED) is 0.412. The van der Waals surface area contributed by atoms with Crippen molar-refractivity contribution < 1.29 is 14.0 Å². The van der Waals surface area contributed by atoms with Crippen molar-refractivity contribution in [3.8, 4) is 0 Å². The summed E-state index contributed by atoms with van der Waals surface area (Å²) in [5.41, 5.74) is -1.40. The van der Waals surface area contributed by atoms with Crippen LogP contribution >= 0.6 is 0 Å². The number of Topliss-reactive ketones (excluding diaryl/α,β-unsaturated/α-hetero) is 2. The van der Waals surface area contributed by atoms with Gasteiger partial charge < -0.3 is 4.42 Å². The van der Waals surface area contributed by atoms with Gasteiger partial charge in [0.1, 0.15) is 16.6 Å². The summed E-state index contributed by atoms with van der Waals surface area (Å²) in [6.45, 7) is 0. The van der Waals surface area contributed by atoms with Crippen LogP contribution in [0.2, 0.25) is 0 Å². The van der Waals surface area contributed by atoms with E-state index < -0.39 is 16.8 Å². The van der Waals surface area contributed by atoms with Gasteiger partial charge in [0.15, 0.2) is 11.6 Å². The number of aromatic nitrogens is 1. The third-order valence-electron chi connectivity index (χ3n) is 5.06. The van der Waals surface area contributed by atoms with Crippen molar-refractivity contribution in [1.29, 1.82) is 0 Å². The topological polar surface area (TPSA) is 77.2 Å². The average Bonchev–Trinajstić information content (AvgIpc) is 2.68. The molecule has 1 atom stereocenters. The van der Waals surface area contributed by atoms with Crippen LogP contribution in [0.25, 0.3) is 11.0 Å². The van der Waals surface area contributed by atoms with Gasteiger partial charge in [-0.15, -0.1) is 0 Å². The van der Waals surface area contributed by atoms with Crippen molar-refractivity contribution in [2.24, 2.45) is 0 Å². The van der Waals surface area contributed by atoms with Gasteiger partial charge in [0.05, 0.1) is 5.69 Å². The van der Waals surface area contributed by atoms with Gasteiger partial charge in [0.25, 0.3) is 0 Å². The number of nitrogens with zero attached hydrogens (tertiary/aromatic N) is 1. The van der Waals surface area contributed by atoms with E-state index in [4.69, 9.17) is 4.42 Å². The van der Waals surface area contributed by atoms with Crippen LogP contribution < -0.4 is 5.63 Å². The van der Waals surface area contributed by atoms with Crippen LogP contribution in [-0.2, 0) is 10.2 Å². The number of hydrogen-bond acceptors (Lipinski definition) is 5. The molecule has 0 radical (unpaired) electrons. The minimum atomic E-state index is -1.41. The zero-order chi connectivity index (χ0) is 18.1. The lowest BCUT2D eigenvalue weighted by molar-refractivity contribution is -0.124. The van der Waals surface area contributed by atoms with Crippen LogP contribution in [-0.4, -0.2) is 16.6 Å². The lowest BCUT2D eigenvalue weighted by Crippen LogP contribution is -2.47. The maximum atomic E-state index is 13.5. The van der Waals surface area contributed by atoms with Crippen LogP contribution in [0.3, 0.4) is 0 Å². The van der Waals surface area contributed by atoms with Gasteiger partial charge in [-0.3, -0.25) is 14.6 Å². The molecular weight excluding hydrogens is 330 g/mol. The van der Waals surface area contributed by atoms with E-state index in [0.29, 0.717) is 29.5 Å². The first kappa shape index (κ1) is 16.4. The number of para-hydroxylation sites is 1. The Hall–Kier alpha value is -3.08. The van der Waals surface area contributed by atoms with E-state index in [-0.39, 0.29) is 11.3 Å². The van der Waals surface area contributed by atoms with Gasteiger partial charge in [0, 0.05) is 18.0 Å². The van der Waals surface area contributed by atoms with E-state index in [0.717, 1.165) is 12.8 Å². The number of pyridine rings is 1. The lowest BCUT2D eigenvalue weighted by Gasteiger charge is -2.33. The molecule has 0 bridgehead atoms. The molecule has 1 aliphatic rings. The van der Waals surface area contributed by atoms with Crippen LogP contribution in [0.5, 0.6) is 0 Å². The molecule has 1 aliphatic carbocycles. The van der Waals surface area contributed by atoms with E-state index in [1.54, 1.807) is 48.7 Å². The van der Waals surface area contributed by atoms with Gasteiger partial charge in [-0.05, 0) is 37.1 Å². The summed E-state index contributed by atoms with van der Waals surface area (Å²) >= 11 is 0. The van der Waals surface area contributed by atoms with E-state index in [1.807, 2.05) is 0 Å². The molecule has 0 saturated heterocycles. The fraction of sp³-hybridized carbons (Fsp3) is 0.238. The van der Waals surface area contributed by atoms with Crippen LogP contribution in [0.15, 0.2) is 63.9 Å². The second-order valence-corrected chi connectivity index (χ2v) is 6.57. The first-order valence-electron chi connectivity index (χ1n) is 8.65. The van der Waals surface area contributed by atoms with Crippen LogP contribution in [0, 0.1) is 0 Å². The second-order valence-electron chi connectivity index (χ2n) is 6.57. The largest absolute Gasteiger partial charge is 0.422 e. The average molecular weight is 347 g/mol. The van der Waals surface area contributed by atoms with Crippen molar-refractivity contribution in [1.82, 2.24) is 4.98 Å². The molecule has 130 valence electrons. The third kappa shape index (κ3) is 2.47. The minimum Gasteiger partial charge on any atom is -0.422 e. The third-order valence-corrected chi connectivity index (χ3v) is 5.06. The molecule has 0 unspecified atom stereocenters. The Balaban J connectivity index is 1.92. The zero-order valence-corrected chi connectivity index (χ0v) is 14.1. The van der Waals surface area contributed by atoms with Gasteiger partial charge in [-0.2, -0.15) is 0 Å². The molecule has 2 aromatic heterocycles. The van der Waals surface area contributed by atoms with Gasteiger partial charge in [-0.1, -0.05) is 30.7 Å². The van der Waals surface area contributed by atoms with Gasteiger partial charge >= 0.3 is 5.63 Å². The maximum Gasteiger partial charge on any atom is 0.347 e. The van der Waals surface area contributed by atoms with Crippen molar-refractivity contribution in [3.05, 3.63) is 76.4 Å². The molecule has 3 aromatic rings. The van der Waals surface area contributed by atoms with Crippen molar-refractivity contribution in [2.45, 2.75) is 31.1 Å². The number of fused-ring (bicyclic) bond motifs is 1. The molecule has 0 aliphatic heterocycles. The summed E-state index contributed by atoms with van der Waals surface area (Å²) in [5.74, 6) is -0.694. The molecule has 0 amide bonds. The Morgan fingerprint density at radius 1 is 1.04 bits per heavy atom. The van der Waals surface area contributed by atoms with E-state index in [1.165, 1.54) is 6.07 Å². The Morgan fingerprint density at radius 3 is 2.62 bits per heavy atom. The minimum absolute atomic E-state index is 0.0930. The van der Waals surface area contributed by atoms with Gasteiger partial charge in [0.2, 0.25) is 0 Å². The normalized spacial score (nSPS) is 20.2. The summed E-state index contributed by atoms with van der Waals surface area (Å²) < 4.78 is 5.31. The molecule has 5 heteroatoms. The molecule has 5 nitrogen and oxygen atoms in total. The summed E-state index contributed by atoms with van der Waals surface area (Å²) in [4.78, 5) is 43.2. The van der Waals surface area contributed by atoms with E-state index in [9.17, 15) is 14.4 Å². The first-order chi connectivity index (χ1) is 12.6. The second kappa shape index (κ2) is 6.33. The van der Waals surface area contributed by atoms with Gasteiger partial charge in [-0.25, -0.2) is 4.79 Å². The molecule has 0 N–H and O–H groups in total. The zero-order valence-electron chi connectivity index (χ0n) is 14.1. The Bertz CT molecular complexity index is 1050. The monoisotopic (exact) mass is 347 g/mol. The standard InChI is InChI=1S/C21H17NO4/c23-18-10-3-5-11-21(18,17-9-4-6-12-22-17)19(24)15-13-14-7-1-2-8-16(14)26-20(15)25/h1-2,4,6-9,12-13H,3,5,10-11H2/t21-/m1/s1. The Labute approximate surface area is 149 Å². The van der Waals surface area contributed by atoms with Crippen LogP contribution in [0.4, 0.5) is 0 Å². The highest BCUT2D eigenvalue weighted by molar-refractivity contribution is 6.19. The number of ketones is 2. The maximum absolute atomic E-state index is 13.5. The number of benzene rings is 1. The predicted octanol–water partition coefficient (Wildman–Crippen LogP) is 3.45. The highest BCUT2D eigenvalue weighted by Gasteiger charge is 2.50.